The zero-order chi connectivity index (χ0) is 11.0. The molecule has 1 N–H and O–H groups in total. The molecule has 0 spiro atoms. The first kappa shape index (κ1) is 9.72. The van der Waals surface area contributed by atoms with Gasteiger partial charge in [-0.2, -0.15) is 0 Å². The lowest BCUT2D eigenvalue weighted by molar-refractivity contribution is -0.137. The fraction of sp³-hybridized carbons (Fsp3) is 0.125. The van der Waals surface area contributed by atoms with Crippen LogP contribution in [0.15, 0.2) is 21.5 Å². The number of halogens is 1. The number of carboxylic acid groups (broad SMARTS) is 1. The lowest BCUT2D eigenvalue weighted by Gasteiger charge is -1.96. The van der Waals surface area contributed by atoms with Gasteiger partial charge in [0.1, 0.15) is 12.1 Å². The zero-order valence-electron chi connectivity index (χ0n) is 7.31. The summed E-state index contributed by atoms with van der Waals surface area (Å²) in [7, 11) is 0. The van der Waals surface area contributed by atoms with Gasteiger partial charge in [0, 0.05) is 6.20 Å². The Morgan fingerprint density at radius 1 is 1.67 bits per heavy atom. The van der Waals surface area contributed by atoms with Crippen LogP contribution in [0.4, 0.5) is 0 Å². The van der Waals surface area contributed by atoms with E-state index in [0.717, 1.165) is 4.57 Å². The number of nitrogens with zero attached hydrogens (tertiary/aromatic N) is 2. The molecule has 6 nitrogen and oxygen atoms in total. The number of carbonyl (C=O) groups is 1. The molecule has 0 aliphatic carbocycles. The molecule has 0 radical (unpaired) electrons. The molecule has 2 aromatic rings. The van der Waals surface area contributed by atoms with Crippen LogP contribution in [0.25, 0.3) is 11.2 Å². The Morgan fingerprint density at radius 3 is 3.07 bits per heavy atom. The molecule has 0 saturated heterocycles. The van der Waals surface area contributed by atoms with Gasteiger partial charge in [-0.25, -0.2) is 9.78 Å². The standard InChI is InChI=1S/C8H5ClN2O4/c9-4-1-5-7(10-2-4)15-8(14)11(5)3-6(12)13/h1-2H,3H2,(H,12,13). The second-order valence-corrected chi connectivity index (χ2v) is 3.26. The van der Waals surface area contributed by atoms with Crippen LogP contribution < -0.4 is 5.76 Å². The average molecular weight is 229 g/mol. The van der Waals surface area contributed by atoms with Crippen molar-refractivity contribution in [2.45, 2.75) is 6.54 Å². The minimum absolute atomic E-state index is 0.0747. The quantitative estimate of drug-likeness (QED) is 0.819. The summed E-state index contributed by atoms with van der Waals surface area (Å²) in [4.78, 5) is 25.5. The van der Waals surface area contributed by atoms with Crippen molar-refractivity contribution in [3.05, 3.63) is 27.8 Å². The zero-order valence-corrected chi connectivity index (χ0v) is 8.06. The highest BCUT2D eigenvalue weighted by atomic mass is 35.5. The summed E-state index contributed by atoms with van der Waals surface area (Å²) in [6.45, 7) is -0.478. The second kappa shape index (κ2) is 3.39. The van der Waals surface area contributed by atoms with E-state index in [1.807, 2.05) is 0 Å². The van der Waals surface area contributed by atoms with Gasteiger partial charge in [-0.1, -0.05) is 11.6 Å². The van der Waals surface area contributed by atoms with Gasteiger partial charge in [0.05, 0.1) is 5.02 Å². The highest BCUT2D eigenvalue weighted by Crippen LogP contribution is 2.15. The van der Waals surface area contributed by atoms with Crippen molar-refractivity contribution in [1.29, 1.82) is 0 Å². The highest BCUT2D eigenvalue weighted by Gasteiger charge is 2.12. The number of oxazole rings is 1. The molecule has 78 valence electrons. The molecule has 0 bridgehead atoms. The van der Waals surface area contributed by atoms with Gasteiger partial charge in [-0.05, 0) is 6.07 Å². The van der Waals surface area contributed by atoms with Crippen LogP contribution in [-0.4, -0.2) is 20.6 Å². The topological polar surface area (TPSA) is 85.3 Å². The third-order valence-electron chi connectivity index (χ3n) is 1.79. The van der Waals surface area contributed by atoms with Gasteiger partial charge in [-0.15, -0.1) is 0 Å². The second-order valence-electron chi connectivity index (χ2n) is 2.83. The molecule has 2 rings (SSSR count). The number of pyridine rings is 1. The van der Waals surface area contributed by atoms with E-state index in [4.69, 9.17) is 21.1 Å². The molecule has 0 aliphatic rings. The van der Waals surface area contributed by atoms with Gasteiger partial charge in [0.2, 0.25) is 5.71 Å². The minimum Gasteiger partial charge on any atom is -0.480 e. The lowest BCUT2D eigenvalue weighted by atomic mass is 10.4. The summed E-state index contributed by atoms with van der Waals surface area (Å²) >= 11 is 5.67. The maximum absolute atomic E-state index is 11.2. The van der Waals surface area contributed by atoms with Crippen molar-refractivity contribution in [2.75, 3.05) is 0 Å². The number of aliphatic carboxylic acids is 1. The average Bonchev–Trinajstić information content (AvgIpc) is 2.43. The van der Waals surface area contributed by atoms with Crippen molar-refractivity contribution < 1.29 is 14.3 Å². The van der Waals surface area contributed by atoms with E-state index < -0.39 is 18.3 Å². The normalized spacial score (nSPS) is 10.7. The van der Waals surface area contributed by atoms with Crippen LogP contribution in [0, 0.1) is 0 Å². The number of aromatic nitrogens is 2. The molecule has 15 heavy (non-hydrogen) atoms. The Kier molecular flexibility index (Phi) is 2.20. The van der Waals surface area contributed by atoms with Crippen molar-refractivity contribution in [3.63, 3.8) is 0 Å². The number of carboxylic acids is 1. The predicted octanol–water partition coefficient (Wildman–Crippen LogP) is 0.728. The Hall–Kier alpha value is -1.82. The Labute approximate surface area is 87.7 Å². The molecule has 7 heteroatoms. The summed E-state index contributed by atoms with van der Waals surface area (Å²) in [5.74, 6) is -1.90. The van der Waals surface area contributed by atoms with Gasteiger partial charge < -0.3 is 9.52 Å². The predicted molar refractivity (Wildman–Crippen MR) is 50.9 cm³/mol. The smallest absolute Gasteiger partial charge is 0.421 e. The van der Waals surface area contributed by atoms with Crippen LogP contribution in [0.3, 0.4) is 0 Å². The molecule has 0 aromatic carbocycles. The van der Waals surface area contributed by atoms with Crippen molar-refractivity contribution >= 4 is 28.8 Å². The van der Waals surface area contributed by atoms with Gasteiger partial charge in [0.15, 0.2) is 0 Å². The van der Waals surface area contributed by atoms with Gasteiger partial charge in [-0.3, -0.25) is 9.36 Å². The fourth-order valence-corrected chi connectivity index (χ4v) is 1.36. The molecular formula is C8H5ClN2O4. The molecule has 0 saturated carbocycles. The summed E-state index contributed by atoms with van der Waals surface area (Å²) < 4.78 is 5.68. The van der Waals surface area contributed by atoms with E-state index in [-0.39, 0.29) is 11.2 Å². The first-order chi connectivity index (χ1) is 7.08. The van der Waals surface area contributed by atoms with Crippen LogP contribution >= 0.6 is 11.6 Å². The molecule has 2 aromatic heterocycles. The fourth-order valence-electron chi connectivity index (χ4n) is 1.21. The first-order valence-electron chi connectivity index (χ1n) is 3.94. The molecular weight excluding hydrogens is 224 g/mol. The summed E-state index contributed by atoms with van der Waals surface area (Å²) in [5.41, 5.74) is 0.348. The van der Waals surface area contributed by atoms with Crippen LogP contribution in [0.5, 0.6) is 0 Å². The van der Waals surface area contributed by atoms with Crippen LogP contribution in [0.2, 0.25) is 5.02 Å². The van der Waals surface area contributed by atoms with E-state index in [0.29, 0.717) is 5.02 Å². The number of hydrogen-bond donors (Lipinski definition) is 1. The van der Waals surface area contributed by atoms with Crippen molar-refractivity contribution in [3.8, 4) is 0 Å². The number of rotatable bonds is 2. The summed E-state index contributed by atoms with van der Waals surface area (Å²) in [5, 5.41) is 8.89. The van der Waals surface area contributed by atoms with E-state index in [2.05, 4.69) is 4.98 Å². The molecule has 0 aliphatic heterocycles. The Balaban J connectivity index is 2.70. The third kappa shape index (κ3) is 1.71. The number of fused-ring (bicyclic) bond motifs is 1. The monoisotopic (exact) mass is 228 g/mol. The van der Waals surface area contributed by atoms with E-state index in [9.17, 15) is 9.59 Å². The lowest BCUT2D eigenvalue weighted by Crippen LogP contribution is -2.19. The Morgan fingerprint density at radius 2 is 2.40 bits per heavy atom. The van der Waals surface area contributed by atoms with E-state index in [1.165, 1.54) is 12.3 Å². The maximum atomic E-state index is 11.2. The summed E-state index contributed by atoms with van der Waals surface area (Å²) in [6, 6.07) is 1.43. The minimum atomic E-state index is -1.14. The van der Waals surface area contributed by atoms with E-state index >= 15 is 0 Å². The molecule has 0 atom stereocenters. The highest BCUT2D eigenvalue weighted by molar-refractivity contribution is 6.30. The molecule has 0 fully saturated rings. The van der Waals surface area contributed by atoms with Crippen molar-refractivity contribution in [2.24, 2.45) is 0 Å². The van der Waals surface area contributed by atoms with Crippen molar-refractivity contribution in [1.82, 2.24) is 9.55 Å². The van der Waals surface area contributed by atoms with Crippen LogP contribution in [0.1, 0.15) is 0 Å². The SMILES string of the molecule is O=C(O)Cn1c(=O)oc2ncc(Cl)cc21. The molecule has 0 amide bonds. The third-order valence-corrected chi connectivity index (χ3v) is 1.99. The molecule has 2 heterocycles. The van der Waals surface area contributed by atoms with Crippen LogP contribution in [-0.2, 0) is 11.3 Å². The molecule has 0 unspecified atom stereocenters. The Bertz CT molecular complexity index is 586. The maximum Gasteiger partial charge on any atom is 0.421 e. The number of hydrogen-bond acceptors (Lipinski definition) is 4. The van der Waals surface area contributed by atoms with E-state index in [1.54, 1.807) is 0 Å². The largest absolute Gasteiger partial charge is 0.480 e. The van der Waals surface area contributed by atoms with Gasteiger partial charge in [0.25, 0.3) is 0 Å². The van der Waals surface area contributed by atoms with Gasteiger partial charge >= 0.3 is 11.7 Å². The first-order valence-corrected chi connectivity index (χ1v) is 4.32. The summed E-state index contributed by atoms with van der Waals surface area (Å²) in [6.07, 6.45) is 1.32.